The molecule has 26 heavy (non-hydrogen) atoms. The molecule has 0 aliphatic carbocycles. The molecule has 1 aliphatic heterocycles. The summed E-state index contributed by atoms with van der Waals surface area (Å²) in [4.78, 5) is 30.0. The van der Waals surface area contributed by atoms with E-state index in [9.17, 15) is 9.59 Å². The average molecular weight is 353 g/mol. The Bertz CT molecular complexity index is 811. The third-order valence-electron chi connectivity index (χ3n) is 4.39. The predicted molar refractivity (Wildman–Crippen MR) is 101 cm³/mol. The summed E-state index contributed by atoms with van der Waals surface area (Å²) in [6.45, 7) is 3.37. The van der Waals surface area contributed by atoms with Crippen molar-refractivity contribution in [1.82, 2.24) is 15.2 Å². The normalized spacial score (nSPS) is 15.3. The van der Waals surface area contributed by atoms with Crippen LogP contribution in [0.1, 0.15) is 25.5 Å². The molecule has 1 aromatic heterocycles. The number of carbonyl (C=O) groups excluding carboxylic acids is 2. The number of para-hydroxylation sites is 1. The second kappa shape index (κ2) is 8.47. The number of piperidine rings is 1. The Morgan fingerprint density at radius 3 is 2.77 bits per heavy atom. The Morgan fingerprint density at radius 2 is 2.00 bits per heavy atom. The maximum atomic E-state index is 12.1. The van der Waals surface area contributed by atoms with Crippen molar-refractivity contribution in [3.8, 4) is 0 Å². The molecule has 0 bridgehead atoms. The first-order valence-electron chi connectivity index (χ1n) is 8.92. The zero-order valence-corrected chi connectivity index (χ0v) is 14.9. The van der Waals surface area contributed by atoms with E-state index in [1.54, 1.807) is 17.9 Å². The van der Waals surface area contributed by atoms with Gasteiger partial charge in [-0.25, -0.2) is 9.78 Å². The van der Waals surface area contributed by atoms with Crippen molar-refractivity contribution in [3.63, 3.8) is 0 Å². The number of amides is 2. The number of nitrogens with zero attached hydrogens (tertiary/aromatic N) is 2. The van der Waals surface area contributed by atoms with Gasteiger partial charge in [0.05, 0.1) is 17.8 Å². The first-order chi connectivity index (χ1) is 12.7. The molecule has 1 aromatic carbocycles. The van der Waals surface area contributed by atoms with Crippen LogP contribution in [0.4, 0.5) is 4.79 Å². The molecular weight excluding hydrogens is 330 g/mol. The van der Waals surface area contributed by atoms with Gasteiger partial charge in [0.1, 0.15) is 0 Å². The minimum absolute atomic E-state index is 0.0717. The van der Waals surface area contributed by atoms with Crippen LogP contribution in [-0.4, -0.2) is 47.6 Å². The minimum Gasteiger partial charge on any atom is -0.450 e. The van der Waals surface area contributed by atoms with Gasteiger partial charge in [0.25, 0.3) is 0 Å². The van der Waals surface area contributed by atoms with Crippen molar-refractivity contribution in [2.24, 2.45) is 0 Å². The molecule has 2 aromatic rings. The number of likely N-dealkylation sites (tertiary alicyclic amines) is 1. The van der Waals surface area contributed by atoms with E-state index >= 15 is 0 Å². The van der Waals surface area contributed by atoms with E-state index in [4.69, 9.17) is 4.74 Å². The molecule has 136 valence electrons. The lowest BCUT2D eigenvalue weighted by atomic mass is 10.1. The van der Waals surface area contributed by atoms with Crippen molar-refractivity contribution in [2.75, 3.05) is 19.7 Å². The van der Waals surface area contributed by atoms with Crippen LogP contribution in [0.3, 0.4) is 0 Å². The van der Waals surface area contributed by atoms with E-state index in [-0.39, 0.29) is 18.0 Å². The second-order valence-corrected chi connectivity index (χ2v) is 6.23. The second-order valence-electron chi connectivity index (χ2n) is 6.23. The smallest absolute Gasteiger partial charge is 0.409 e. The molecule has 6 nitrogen and oxygen atoms in total. The third-order valence-corrected chi connectivity index (χ3v) is 4.39. The SMILES string of the molecule is CCOC(=O)N1CCC(NC(=O)/C=C/c2ccc3ccccc3n2)CC1. The number of hydrogen-bond acceptors (Lipinski definition) is 4. The summed E-state index contributed by atoms with van der Waals surface area (Å²) in [5.74, 6) is -0.144. The van der Waals surface area contributed by atoms with Crippen LogP contribution in [0, 0.1) is 0 Å². The Labute approximate surface area is 152 Å². The highest BCUT2D eigenvalue weighted by Crippen LogP contribution is 2.13. The number of ether oxygens (including phenoxy) is 1. The fourth-order valence-electron chi connectivity index (χ4n) is 3.01. The van der Waals surface area contributed by atoms with Gasteiger partial charge >= 0.3 is 6.09 Å². The molecule has 0 radical (unpaired) electrons. The highest BCUT2D eigenvalue weighted by molar-refractivity contribution is 5.92. The molecule has 6 heteroatoms. The van der Waals surface area contributed by atoms with Gasteiger partial charge < -0.3 is 15.0 Å². The molecule has 3 rings (SSSR count). The first kappa shape index (κ1) is 17.9. The van der Waals surface area contributed by atoms with Gasteiger partial charge in [-0.05, 0) is 38.0 Å². The van der Waals surface area contributed by atoms with Crippen molar-refractivity contribution in [1.29, 1.82) is 0 Å². The molecule has 1 aliphatic rings. The fourth-order valence-corrected chi connectivity index (χ4v) is 3.01. The molecule has 0 atom stereocenters. The lowest BCUT2D eigenvalue weighted by Gasteiger charge is -2.31. The van der Waals surface area contributed by atoms with Gasteiger partial charge in [-0.2, -0.15) is 0 Å². The summed E-state index contributed by atoms with van der Waals surface area (Å²) < 4.78 is 5.00. The standard InChI is InChI=1S/C20H23N3O3/c1-2-26-20(25)23-13-11-17(12-14-23)22-19(24)10-9-16-8-7-15-5-3-4-6-18(15)21-16/h3-10,17H,2,11-14H2,1H3,(H,22,24)/b10-9+. The quantitative estimate of drug-likeness (QED) is 0.858. The van der Waals surface area contributed by atoms with Crippen molar-refractivity contribution in [2.45, 2.75) is 25.8 Å². The van der Waals surface area contributed by atoms with E-state index in [2.05, 4.69) is 10.3 Å². The molecule has 1 N–H and O–H groups in total. The Morgan fingerprint density at radius 1 is 1.23 bits per heavy atom. The van der Waals surface area contributed by atoms with Gasteiger partial charge in [-0.15, -0.1) is 0 Å². The Hall–Kier alpha value is -2.89. The zero-order chi connectivity index (χ0) is 18.4. The van der Waals surface area contributed by atoms with Crippen LogP contribution in [0.2, 0.25) is 0 Å². The van der Waals surface area contributed by atoms with E-state index in [0.717, 1.165) is 29.4 Å². The van der Waals surface area contributed by atoms with Crippen LogP contribution in [0.5, 0.6) is 0 Å². The number of hydrogen-bond donors (Lipinski definition) is 1. The Kier molecular flexibility index (Phi) is 5.84. The molecule has 0 saturated carbocycles. The minimum atomic E-state index is -0.278. The summed E-state index contributed by atoms with van der Waals surface area (Å²) in [6.07, 6.45) is 4.41. The molecule has 1 fully saturated rings. The summed E-state index contributed by atoms with van der Waals surface area (Å²) in [5, 5.41) is 4.06. The zero-order valence-electron chi connectivity index (χ0n) is 14.9. The monoisotopic (exact) mass is 353 g/mol. The van der Waals surface area contributed by atoms with Crippen LogP contribution in [0.25, 0.3) is 17.0 Å². The summed E-state index contributed by atoms with van der Waals surface area (Å²) >= 11 is 0. The molecule has 2 amide bonds. The van der Waals surface area contributed by atoms with E-state index < -0.39 is 0 Å². The van der Waals surface area contributed by atoms with Crippen LogP contribution >= 0.6 is 0 Å². The van der Waals surface area contributed by atoms with Crippen molar-refractivity contribution < 1.29 is 14.3 Å². The van der Waals surface area contributed by atoms with Crippen LogP contribution in [0.15, 0.2) is 42.5 Å². The van der Waals surface area contributed by atoms with E-state index in [0.29, 0.717) is 19.7 Å². The predicted octanol–water partition coefficient (Wildman–Crippen LogP) is 2.99. The number of nitrogens with one attached hydrogen (secondary N) is 1. The van der Waals surface area contributed by atoms with Gasteiger partial charge in [-0.1, -0.05) is 24.3 Å². The van der Waals surface area contributed by atoms with Gasteiger partial charge in [0, 0.05) is 30.6 Å². The summed E-state index contributed by atoms with van der Waals surface area (Å²) in [6, 6.07) is 11.8. The molecule has 0 unspecified atom stereocenters. The molecule has 0 spiro atoms. The largest absolute Gasteiger partial charge is 0.450 e. The number of carbonyl (C=O) groups is 2. The van der Waals surface area contributed by atoms with Crippen LogP contribution < -0.4 is 5.32 Å². The molecular formula is C20H23N3O3. The van der Waals surface area contributed by atoms with Gasteiger partial charge in [0.15, 0.2) is 0 Å². The maximum absolute atomic E-state index is 12.1. The number of rotatable bonds is 4. The van der Waals surface area contributed by atoms with Crippen molar-refractivity contribution >= 4 is 29.0 Å². The average Bonchev–Trinajstić information content (AvgIpc) is 2.67. The maximum Gasteiger partial charge on any atom is 0.409 e. The third kappa shape index (κ3) is 4.59. The number of fused-ring (bicyclic) bond motifs is 1. The number of aromatic nitrogens is 1. The molecule has 1 saturated heterocycles. The lowest BCUT2D eigenvalue weighted by molar-refractivity contribution is -0.117. The van der Waals surface area contributed by atoms with Crippen molar-refractivity contribution in [3.05, 3.63) is 48.2 Å². The molecule has 2 heterocycles. The van der Waals surface area contributed by atoms with E-state index in [1.165, 1.54) is 6.08 Å². The highest BCUT2D eigenvalue weighted by atomic mass is 16.6. The topological polar surface area (TPSA) is 71.5 Å². The van der Waals surface area contributed by atoms with Gasteiger partial charge in [-0.3, -0.25) is 4.79 Å². The van der Waals surface area contributed by atoms with Gasteiger partial charge in [0.2, 0.25) is 5.91 Å². The lowest BCUT2D eigenvalue weighted by Crippen LogP contribution is -2.46. The van der Waals surface area contributed by atoms with Crippen LogP contribution in [-0.2, 0) is 9.53 Å². The van der Waals surface area contributed by atoms with E-state index in [1.807, 2.05) is 36.4 Å². The first-order valence-corrected chi connectivity index (χ1v) is 8.92. The fraction of sp³-hybridized carbons (Fsp3) is 0.350. The number of pyridine rings is 1. The number of benzene rings is 1. The highest BCUT2D eigenvalue weighted by Gasteiger charge is 2.23. The summed E-state index contributed by atoms with van der Waals surface area (Å²) in [5.41, 5.74) is 1.65. The Balaban J connectivity index is 1.51. The summed E-state index contributed by atoms with van der Waals surface area (Å²) in [7, 11) is 0.